The molecule has 6 heteroatoms. The van der Waals surface area contributed by atoms with Crippen LogP contribution in [0.15, 0.2) is 12.3 Å². The zero-order valence-corrected chi connectivity index (χ0v) is 13.3. The molecule has 0 atom stereocenters. The molecule has 21 heavy (non-hydrogen) atoms. The van der Waals surface area contributed by atoms with Crippen molar-refractivity contribution in [2.75, 3.05) is 13.2 Å². The third-order valence-corrected chi connectivity index (χ3v) is 4.53. The van der Waals surface area contributed by atoms with Gasteiger partial charge >= 0.3 is 7.12 Å². The summed E-state index contributed by atoms with van der Waals surface area (Å²) < 4.78 is 22.9. The van der Waals surface area contributed by atoms with Crippen LogP contribution in [-0.2, 0) is 14.0 Å². The van der Waals surface area contributed by atoms with E-state index in [1.165, 1.54) is 0 Å². The summed E-state index contributed by atoms with van der Waals surface area (Å²) in [7, 11) is -0.386. The van der Waals surface area contributed by atoms with E-state index in [-0.39, 0.29) is 24.4 Å². The van der Waals surface area contributed by atoms with Crippen LogP contribution in [0.5, 0.6) is 5.88 Å². The first kappa shape index (κ1) is 14.8. The van der Waals surface area contributed by atoms with Crippen molar-refractivity contribution in [2.45, 2.75) is 51.9 Å². The number of ether oxygens (including phenoxy) is 2. The van der Waals surface area contributed by atoms with Gasteiger partial charge in [-0.2, -0.15) is 0 Å². The third kappa shape index (κ3) is 2.68. The van der Waals surface area contributed by atoms with Crippen molar-refractivity contribution in [2.24, 2.45) is 0 Å². The average Bonchev–Trinajstić information content (AvgIpc) is 2.53. The van der Waals surface area contributed by atoms with E-state index in [0.29, 0.717) is 19.1 Å². The highest BCUT2D eigenvalue weighted by Gasteiger charge is 2.52. The first-order chi connectivity index (χ1) is 9.78. The van der Waals surface area contributed by atoms with Gasteiger partial charge < -0.3 is 18.8 Å². The lowest BCUT2D eigenvalue weighted by Crippen LogP contribution is -2.41. The topological polar surface area (TPSA) is 49.8 Å². The van der Waals surface area contributed by atoms with Crippen LogP contribution in [0.25, 0.3) is 0 Å². The molecule has 114 valence electrons. The minimum atomic E-state index is -0.386. The van der Waals surface area contributed by atoms with Crippen LogP contribution in [-0.4, -0.2) is 42.6 Å². The first-order valence-electron chi connectivity index (χ1n) is 7.35. The van der Waals surface area contributed by atoms with Gasteiger partial charge in [-0.05, 0) is 40.2 Å². The van der Waals surface area contributed by atoms with E-state index in [9.17, 15) is 0 Å². The molecule has 0 N–H and O–H groups in total. The summed E-state index contributed by atoms with van der Waals surface area (Å²) in [5.74, 6) is 0.626. The van der Waals surface area contributed by atoms with Gasteiger partial charge in [0.25, 0.3) is 0 Å². The van der Waals surface area contributed by atoms with Crippen molar-refractivity contribution in [3.05, 3.63) is 17.8 Å². The molecule has 0 bridgehead atoms. The quantitative estimate of drug-likeness (QED) is 0.789. The largest absolute Gasteiger partial charge is 0.496 e. The average molecular weight is 291 g/mol. The van der Waals surface area contributed by atoms with Crippen LogP contribution in [0, 0.1) is 6.92 Å². The maximum atomic E-state index is 6.06. The Bertz CT molecular complexity index is 526. The molecule has 0 aromatic carbocycles. The number of hydrogen-bond donors (Lipinski definition) is 0. The Kier molecular flexibility index (Phi) is 3.51. The van der Waals surface area contributed by atoms with Gasteiger partial charge in [-0.25, -0.2) is 4.98 Å². The Labute approximate surface area is 126 Å². The highest BCUT2D eigenvalue weighted by Crippen LogP contribution is 2.36. The summed E-state index contributed by atoms with van der Waals surface area (Å²) in [4.78, 5) is 4.36. The summed E-state index contributed by atoms with van der Waals surface area (Å²) in [6.45, 7) is 11.5. The molecule has 1 aromatic heterocycles. The Hall–Kier alpha value is -1.11. The van der Waals surface area contributed by atoms with Crippen LogP contribution in [0.1, 0.15) is 33.3 Å². The third-order valence-electron chi connectivity index (χ3n) is 4.53. The van der Waals surface area contributed by atoms with Gasteiger partial charge in [-0.1, -0.05) is 0 Å². The van der Waals surface area contributed by atoms with Crippen molar-refractivity contribution in [3.8, 4) is 5.88 Å². The van der Waals surface area contributed by atoms with E-state index in [1.54, 1.807) is 6.20 Å². The summed E-state index contributed by atoms with van der Waals surface area (Å²) >= 11 is 0. The molecular formula is C15H22BNO4. The summed E-state index contributed by atoms with van der Waals surface area (Å²) in [6, 6.07) is 1.93. The van der Waals surface area contributed by atoms with E-state index in [2.05, 4.69) is 4.98 Å². The lowest BCUT2D eigenvalue weighted by Gasteiger charge is -2.32. The summed E-state index contributed by atoms with van der Waals surface area (Å²) in [5, 5.41) is 0. The summed E-state index contributed by atoms with van der Waals surface area (Å²) in [6.07, 6.45) is 1.91. The van der Waals surface area contributed by atoms with Gasteiger partial charge in [0.1, 0.15) is 6.10 Å². The smallest absolute Gasteiger partial charge is 0.469 e. The van der Waals surface area contributed by atoms with Crippen molar-refractivity contribution in [1.29, 1.82) is 0 Å². The van der Waals surface area contributed by atoms with Crippen molar-refractivity contribution < 1.29 is 18.8 Å². The number of hydrogen-bond acceptors (Lipinski definition) is 5. The van der Waals surface area contributed by atoms with Gasteiger partial charge in [0.05, 0.1) is 24.4 Å². The van der Waals surface area contributed by atoms with Gasteiger partial charge in [0.2, 0.25) is 5.88 Å². The zero-order chi connectivity index (χ0) is 15.3. The number of aryl methyl sites for hydroxylation is 1. The number of pyridine rings is 1. The predicted molar refractivity (Wildman–Crippen MR) is 79.9 cm³/mol. The van der Waals surface area contributed by atoms with Crippen molar-refractivity contribution in [1.82, 2.24) is 4.98 Å². The second-order valence-corrected chi connectivity index (χ2v) is 6.74. The Morgan fingerprint density at radius 3 is 2.29 bits per heavy atom. The highest BCUT2D eigenvalue weighted by atomic mass is 16.7. The lowest BCUT2D eigenvalue weighted by atomic mass is 9.77. The van der Waals surface area contributed by atoms with Gasteiger partial charge in [-0.3, -0.25) is 0 Å². The molecule has 2 saturated heterocycles. The van der Waals surface area contributed by atoms with Crippen LogP contribution in [0.3, 0.4) is 0 Å². The highest BCUT2D eigenvalue weighted by molar-refractivity contribution is 6.62. The normalized spacial score (nSPS) is 24.0. The van der Waals surface area contributed by atoms with Gasteiger partial charge in [0, 0.05) is 17.7 Å². The molecule has 0 amide bonds. The molecule has 0 aliphatic carbocycles. The number of aromatic nitrogens is 1. The van der Waals surface area contributed by atoms with Crippen LogP contribution < -0.4 is 10.2 Å². The molecule has 0 radical (unpaired) electrons. The van der Waals surface area contributed by atoms with Crippen LogP contribution in [0.2, 0.25) is 0 Å². The molecule has 0 unspecified atom stereocenters. The fourth-order valence-corrected chi connectivity index (χ4v) is 2.27. The standard InChI is InChI=1S/C15H22BNO4/c1-10-6-13(19-11-8-18-9-11)17-7-12(10)16-20-14(2,3)15(4,5)21-16/h6-7,11H,8-9H2,1-5H3. The molecule has 3 rings (SSSR count). The van der Waals surface area contributed by atoms with Crippen molar-refractivity contribution >= 4 is 12.6 Å². The monoisotopic (exact) mass is 291 g/mol. The molecule has 2 fully saturated rings. The summed E-state index contributed by atoms with van der Waals surface area (Å²) in [5.41, 5.74) is 1.31. The van der Waals surface area contributed by atoms with E-state index in [0.717, 1.165) is 11.0 Å². The molecule has 5 nitrogen and oxygen atoms in total. The van der Waals surface area contributed by atoms with Crippen LogP contribution >= 0.6 is 0 Å². The predicted octanol–water partition coefficient (Wildman–Crippen LogP) is 1.47. The van der Waals surface area contributed by atoms with E-state index in [4.69, 9.17) is 18.8 Å². The van der Waals surface area contributed by atoms with E-state index < -0.39 is 0 Å². The SMILES string of the molecule is Cc1cc(OC2COC2)ncc1B1OC(C)(C)C(C)(C)O1. The van der Waals surface area contributed by atoms with Gasteiger partial charge in [0.15, 0.2) is 0 Å². The molecule has 2 aliphatic rings. The number of nitrogens with zero attached hydrogens (tertiary/aromatic N) is 1. The number of rotatable bonds is 3. The molecular weight excluding hydrogens is 269 g/mol. The van der Waals surface area contributed by atoms with Crippen molar-refractivity contribution in [3.63, 3.8) is 0 Å². The van der Waals surface area contributed by atoms with E-state index >= 15 is 0 Å². The molecule has 1 aromatic rings. The Morgan fingerprint density at radius 1 is 1.19 bits per heavy atom. The first-order valence-corrected chi connectivity index (χ1v) is 7.35. The maximum absolute atomic E-state index is 6.06. The molecule has 2 aliphatic heterocycles. The zero-order valence-electron chi connectivity index (χ0n) is 13.3. The Balaban J connectivity index is 1.77. The fourth-order valence-electron chi connectivity index (χ4n) is 2.27. The second kappa shape index (κ2) is 4.97. The lowest BCUT2D eigenvalue weighted by molar-refractivity contribution is -0.0813. The second-order valence-electron chi connectivity index (χ2n) is 6.74. The molecule has 0 saturated carbocycles. The molecule has 3 heterocycles. The van der Waals surface area contributed by atoms with Gasteiger partial charge in [-0.15, -0.1) is 0 Å². The maximum Gasteiger partial charge on any atom is 0.496 e. The minimum Gasteiger partial charge on any atom is -0.469 e. The molecule has 0 spiro atoms. The van der Waals surface area contributed by atoms with Crippen LogP contribution in [0.4, 0.5) is 0 Å². The minimum absolute atomic E-state index is 0.125. The fraction of sp³-hybridized carbons (Fsp3) is 0.667. The Morgan fingerprint density at radius 2 is 1.81 bits per heavy atom. The van der Waals surface area contributed by atoms with E-state index in [1.807, 2.05) is 40.7 Å².